The summed E-state index contributed by atoms with van der Waals surface area (Å²) in [7, 11) is 0. The van der Waals surface area contributed by atoms with E-state index in [2.05, 4.69) is 41.4 Å². The average Bonchev–Trinajstić information content (AvgIpc) is 2.81. The second kappa shape index (κ2) is 4.44. The highest BCUT2D eigenvalue weighted by molar-refractivity contribution is 9.10. The molecule has 0 bridgehead atoms. The maximum atomic E-state index is 4.23. The van der Waals surface area contributed by atoms with E-state index < -0.39 is 0 Å². The standard InChI is InChI=1S/C11H12BrN5/c12-8-5-13-11(14-6-8)16-9-3-1-2-7-4-15-17-10(7)9/h4-6,9H,1-3H2,(H,15,17)(H,13,14,16)/t9-/m0/s1. The highest BCUT2D eigenvalue weighted by Gasteiger charge is 2.22. The molecular formula is C11H12BrN5. The predicted molar refractivity (Wildman–Crippen MR) is 67.6 cm³/mol. The van der Waals surface area contributed by atoms with Gasteiger partial charge in [0.1, 0.15) is 0 Å². The summed E-state index contributed by atoms with van der Waals surface area (Å²) in [5.41, 5.74) is 2.47. The fourth-order valence-corrected chi connectivity index (χ4v) is 2.35. The maximum absolute atomic E-state index is 4.23. The Bertz CT molecular complexity index is 507. The van der Waals surface area contributed by atoms with Crippen molar-refractivity contribution >= 4 is 21.9 Å². The first-order valence-electron chi connectivity index (χ1n) is 5.59. The molecule has 3 rings (SSSR count). The molecule has 0 amide bonds. The first kappa shape index (κ1) is 10.7. The normalized spacial score (nSPS) is 18.8. The summed E-state index contributed by atoms with van der Waals surface area (Å²) in [5, 5.41) is 10.5. The van der Waals surface area contributed by atoms with E-state index in [0.717, 1.165) is 17.3 Å². The van der Waals surface area contributed by atoms with Gasteiger partial charge >= 0.3 is 0 Å². The Hall–Kier alpha value is -1.43. The van der Waals surface area contributed by atoms with Crippen LogP contribution in [-0.4, -0.2) is 20.2 Å². The lowest BCUT2D eigenvalue weighted by Gasteiger charge is -2.22. The zero-order valence-electron chi connectivity index (χ0n) is 9.15. The van der Waals surface area contributed by atoms with Crippen LogP contribution in [0.25, 0.3) is 0 Å². The summed E-state index contributed by atoms with van der Waals surface area (Å²) in [6.07, 6.45) is 8.74. The third-order valence-corrected chi connectivity index (χ3v) is 3.37. The number of H-pyrrole nitrogens is 1. The predicted octanol–water partition coefficient (Wildman–Crippen LogP) is 2.45. The van der Waals surface area contributed by atoms with Gasteiger partial charge in [0.25, 0.3) is 0 Å². The van der Waals surface area contributed by atoms with Crippen LogP contribution < -0.4 is 5.32 Å². The molecule has 0 radical (unpaired) electrons. The van der Waals surface area contributed by atoms with Crippen molar-refractivity contribution in [3.63, 3.8) is 0 Å². The van der Waals surface area contributed by atoms with E-state index >= 15 is 0 Å². The van der Waals surface area contributed by atoms with Crippen LogP contribution >= 0.6 is 15.9 Å². The van der Waals surface area contributed by atoms with Crippen LogP contribution in [0.15, 0.2) is 23.1 Å². The van der Waals surface area contributed by atoms with Crippen molar-refractivity contribution < 1.29 is 0 Å². The Labute approximate surface area is 107 Å². The summed E-state index contributed by atoms with van der Waals surface area (Å²) in [6, 6.07) is 0.238. The van der Waals surface area contributed by atoms with Crippen LogP contribution in [0.3, 0.4) is 0 Å². The Kier molecular flexibility index (Phi) is 2.80. The third-order valence-electron chi connectivity index (χ3n) is 2.96. The Morgan fingerprint density at radius 2 is 2.12 bits per heavy atom. The van der Waals surface area contributed by atoms with Crippen LogP contribution in [0.1, 0.15) is 30.1 Å². The minimum atomic E-state index is 0.238. The first-order chi connectivity index (χ1) is 8.33. The highest BCUT2D eigenvalue weighted by Crippen LogP contribution is 2.29. The van der Waals surface area contributed by atoms with Gasteiger partial charge in [-0.2, -0.15) is 5.10 Å². The molecule has 2 aromatic heterocycles. The van der Waals surface area contributed by atoms with Gasteiger partial charge in [-0.25, -0.2) is 9.97 Å². The van der Waals surface area contributed by atoms with E-state index in [9.17, 15) is 0 Å². The van der Waals surface area contributed by atoms with E-state index in [4.69, 9.17) is 0 Å². The first-order valence-corrected chi connectivity index (χ1v) is 6.38. The summed E-state index contributed by atoms with van der Waals surface area (Å²) in [5.74, 6) is 0.653. The van der Waals surface area contributed by atoms with Crippen LogP contribution in [-0.2, 0) is 6.42 Å². The molecule has 88 valence electrons. The number of halogens is 1. The Balaban J connectivity index is 1.81. The number of hydrogen-bond acceptors (Lipinski definition) is 4. The molecule has 0 saturated carbocycles. The number of aryl methyl sites for hydroxylation is 1. The van der Waals surface area contributed by atoms with Gasteiger partial charge in [0.05, 0.1) is 22.4 Å². The fraction of sp³-hybridized carbons (Fsp3) is 0.364. The molecule has 1 aliphatic rings. The van der Waals surface area contributed by atoms with Gasteiger partial charge in [-0.05, 0) is 40.8 Å². The van der Waals surface area contributed by atoms with Gasteiger partial charge in [-0.1, -0.05) is 0 Å². The molecule has 1 aliphatic carbocycles. The summed E-state index contributed by atoms with van der Waals surface area (Å²) >= 11 is 3.32. The average molecular weight is 294 g/mol. The number of hydrogen-bond donors (Lipinski definition) is 2. The van der Waals surface area contributed by atoms with Crippen molar-refractivity contribution in [3.05, 3.63) is 34.3 Å². The molecule has 5 nitrogen and oxygen atoms in total. The van der Waals surface area contributed by atoms with Crippen LogP contribution in [0.4, 0.5) is 5.95 Å². The molecule has 0 aliphatic heterocycles. The number of nitrogens with zero attached hydrogens (tertiary/aromatic N) is 3. The quantitative estimate of drug-likeness (QED) is 0.893. The zero-order valence-corrected chi connectivity index (χ0v) is 10.7. The largest absolute Gasteiger partial charge is 0.346 e. The second-order valence-electron chi connectivity index (χ2n) is 4.12. The Morgan fingerprint density at radius 3 is 2.94 bits per heavy atom. The lowest BCUT2D eigenvalue weighted by molar-refractivity contribution is 0.584. The van der Waals surface area contributed by atoms with Crippen molar-refractivity contribution in [2.75, 3.05) is 5.32 Å². The van der Waals surface area contributed by atoms with E-state index in [-0.39, 0.29) is 6.04 Å². The molecule has 0 fully saturated rings. The van der Waals surface area contributed by atoms with E-state index in [0.29, 0.717) is 5.95 Å². The van der Waals surface area contributed by atoms with Crippen molar-refractivity contribution in [1.82, 2.24) is 20.2 Å². The van der Waals surface area contributed by atoms with Gasteiger partial charge < -0.3 is 5.32 Å². The smallest absolute Gasteiger partial charge is 0.223 e. The van der Waals surface area contributed by atoms with Crippen LogP contribution in [0, 0.1) is 0 Å². The summed E-state index contributed by atoms with van der Waals surface area (Å²) < 4.78 is 0.883. The van der Waals surface area contributed by atoms with Crippen LogP contribution in [0.5, 0.6) is 0 Å². The monoisotopic (exact) mass is 293 g/mol. The van der Waals surface area contributed by atoms with Gasteiger partial charge in [0.2, 0.25) is 5.95 Å². The minimum absolute atomic E-state index is 0.238. The third kappa shape index (κ3) is 2.17. The molecule has 6 heteroatoms. The van der Waals surface area contributed by atoms with Gasteiger partial charge in [0, 0.05) is 12.4 Å². The van der Waals surface area contributed by atoms with E-state index in [1.807, 2.05) is 6.20 Å². The molecule has 0 spiro atoms. The van der Waals surface area contributed by atoms with E-state index in [1.54, 1.807) is 12.4 Å². The molecular weight excluding hydrogens is 282 g/mol. The van der Waals surface area contributed by atoms with Gasteiger partial charge in [0.15, 0.2) is 0 Å². The molecule has 0 saturated heterocycles. The van der Waals surface area contributed by atoms with Crippen molar-refractivity contribution in [1.29, 1.82) is 0 Å². The fourth-order valence-electron chi connectivity index (χ4n) is 2.15. The molecule has 2 aromatic rings. The SMILES string of the molecule is Brc1cnc(N[C@H]2CCCc3cn[nH]c32)nc1. The molecule has 2 heterocycles. The van der Waals surface area contributed by atoms with Gasteiger partial charge in [-0.15, -0.1) is 0 Å². The minimum Gasteiger partial charge on any atom is -0.346 e. The maximum Gasteiger partial charge on any atom is 0.223 e. The number of aromatic amines is 1. The summed E-state index contributed by atoms with van der Waals surface area (Å²) in [4.78, 5) is 8.45. The molecule has 1 atom stereocenters. The second-order valence-corrected chi connectivity index (χ2v) is 5.04. The molecule has 0 aromatic carbocycles. The number of fused-ring (bicyclic) bond motifs is 1. The van der Waals surface area contributed by atoms with Crippen molar-refractivity contribution in [2.45, 2.75) is 25.3 Å². The van der Waals surface area contributed by atoms with E-state index in [1.165, 1.54) is 17.7 Å². The number of aromatic nitrogens is 4. The highest BCUT2D eigenvalue weighted by atomic mass is 79.9. The number of nitrogens with one attached hydrogen (secondary N) is 2. The van der Waals surface area contributed by atoms with Crippen molar-refractivity contribution in [2.24, 2.45) is 0 Å². The molecule has 0 unspecified atom stereocenters. The number of anilines is 1. The van der Waals surface area contributed by atoms with Crippen LogP contribution in [0.2, 0.25) is 0 Å². The van der Waals surface area contributed by atoms with Crippen molar-refractivity contribution in [3.8, 4) is 0 Å². The lowest BCUT2D eigenvalue weighted by atomic mass is 9.94. The molecule has 2 N–H and O–H groups in total. The van der Waals surface area contributed by atoms with Gasteiger partial charge in [-0.3, -0.25) is 5.10 Å². The molecule has 17 heavy (non-hydrogen) atoms. The number of rotatable bonds is 2. The lowest BCUT2D eigenvalue weighted by Crippen LogP contribution is -2.18. The zero-order chi connectivity index (χ0) is 11.7. The topological polar surface area (TPSA) is 66.5 Å². The Morgan fingerprint density at radius 1 is 1.29 bits per heavy atom. The summed E-state index contributed by atoms with van der Waals surface area (Å²) in [6.45, 7) is 0.